The summed E-state index contributed by atoms with van der Waals surface area (Å²) in [6.07, 6.45) is 3.25. The molecular weight excluding hydrogens is 364 g/mol. The lowest BCUT2D eigenvalue weighted by Crippen LogP contribution is -2.47. The Morgan fingerprint density at radius 2 is 1.82 bits per heavy atom. The maximum absolute atomic E-state index is 12.7. The number of benzene rings is 1. The van der Waals surface area contributed by atoms with Gasteiger partial charge in [-0.05, 0) is 18.1 Å². The van der Waals surface area contributed by atoms with Gasteiger partial charge < -0.3 is 15.1 Å². The number of carbonyl (C=O) groups is 4. The number of hydrogen-bond donors (Lipinski definition) is 2. The van der Waals surface area contributed by atoms with Gasteiger partial charge in [-0.1, -0.05) is 31.0 Å². The molecule has 0 fully saturated rings. The molecule has 1 aliphatic heterocycles. The van der Waals surface area contributed by atoms with Gasteiger partial charge in [-0.25, -0.2) is 9.78 Å². The fourth-order valence-corrected chi connectivity index (χ4v) is 2.84. The van der Waals surface area contributed by atoms with E-state index in [9.17, 15) is 19.2 Å². The van der Waals surface area contributed by atoms with Crippen molar-refractivity contribution in [2.75, 3.05) is 0 Å². The summed E-state index contributed by atoms with van der Waals surface area (Å²) in [4.78, 5) is 61.4. The summed E-state index contributed by atoms with van der Waals surface area (Å²) in [5.74, 6) is -2.59. The molecule has 2 heterocycles. The van der Waals surface area contributed by atoms with Gasteiger partial charge >= 0.3 is 5.97 Å². The monoisotopic (exact) mass is 384 g/mol. The Morgan fingerprint density at radius 3 is 2.36 bits per heavy atom. The molecule has 0 bridgehead atoms. The fraction of sp³-hybridized carbons (Fsp3) is 0.316. The summed E-state index contributed by atoms with van der Waals surface area (Å²) in [7, 11) is 0. The van der Waals surface area contributed by atoms with E-state index in [1.54, 1.807) is 12.1 Å². The first-order valence-corrected chi connectivity index (χ1v) is 8.83. The largest absolute Gasteiger partial charge is 0.355 e. The topological polar surface area (TPSA) is 121 Å². The molecule has 0 saturated heterocycles. The van der Waals surface area contributed by atoms with E-state index in [2.05, 4.69) is 15.3 Å². The standard InChI is InChI=1S/C19H20N4O5/c1-11(2)7-16(24)22-15(8-12-9-20-10-21-12)19(27)28-23-17(25)13-5-3-4-6-14(13)18(23)26/h3-6,9-11,15H,7-8H2,1-2H3,(H,20,21)(H,22,24). The number of rotatable bonds is 7. The normalized spacial score (nSPS) is 14.2. The van der Waals surface area contributed by atoms with Crippen molar-refractivity contribution in [2.45, 2.75) is 32.7 Å². The molecule has 1 aromatic heterocycles. The number of hydrogen-bond acceptors (Lipinski definition) is 6. The Hall–Kier alpha value is -3.49. The van der Waals surface area contributed by atoms with Gasteiger partial charge in [-0.2, -0.15) is 0 Å². The second kappa shape index (κ2) is 8.03. The molecule has 1 atom stereocenters. The van der Waals surface area contributed by atoms with Gasteiger partial charge in [0.05, 0.1) is 17.5 Å². The third-order valence-electron chi connectivity index (χ3n) is 4.13. The number of fused-ring (bicyclic) bond motifs is 1. The second-order valence-electron chi connectivity index (χ2n) is 6.86. The molecule has 1 aliphatic rings. The summed E-state index contributed by atoms with van der Waals surface area (Å²) < 4.78 is 0. The van der Waals surface area contributed by atoms with Crippen LogP contribution in [0.25, 0.3) is 0 Å². The fourth-order valence-electron chi connectivity index (χ4n) is 2.84. The van der Waals surface area contributed by atoms with Crippen LogP contribution in [-0.4, -0.2) is 44.8 Å². The van der Waals surface area contributed by atoms with Crippen molar-refractivity contribution in [3.8, 4) is 0 Å². The van der Waals surface area contributed by atoms with Gasteiger partial charge in [0.15, 0.2) is 0 Å². The molecule has 3 rings (SSSR count). The quantitative estimate of drug-likeness (QED) is 0.693. The van der Waals surface area contributed by atoms with Gasteiger partial charge in [0.1, 0.15) is 6.04 Å². The van der Waals surface area contributed by atoms with Crippen molar-refractivity contribution >= 4 is 23.7 Å². The highest BCUT2D eigenvalue weighted by Gasteiger charge is 2.40. The van der Waals surface area contributed by atoms with Crippen LogP contribution in [0.1, 0.15) is 46.7 Å². The second-order valence-corrected chi connectivity index (χ2v) is 6.86. The first-order chi connectivity index (χ1) is 13.4. The molecule has 0 spiro atoms. The zero-order valence-electron chi connectivity index (χ0n) is 15.5. The number of imide groups is 1. The number of amides is 3. The molecule has 3 amide bonds. The van der Waals surface area contributed by atoms with Crippen LogP contribution in [0.2, 0.25) is 0 Å². The smallest absolute Gasteiger partial charge is 0.348 e. The van der Waals surface area contributed by atoms with Crippen LogP contribution in [-0.2, 0) is 20.8 Å². The predicted molar refractivity (Wildman–Crippen MR) is 96.7 cm³/mol. The summed E-state index contributed by atoms with van der Waals surface area (Å²) in [5, 5.41) is 3.03. The Bertz CT molecular complexity index is 872. The third-order valence-corrected chi connectivity index (χ3v) is 4.13. The Morgan fingerprint density at radius 1 is 1.18 bits per heavy atom. The molecule has 0 radical (unpaired) electrons. The van der Waals surface area contributed by atoms with Gasteiger partial charge in [-0.15, -0.1) is 0 Å². The molecule has 9 nitrogen and oxygen atoms in total. The molecular formula is C19H20N4O5. The summed E-state index contributed by atoms with van der Waals surface area (Å²) in [6.45, 7) is 3.75. The first-order valence-electron chi connectivity index (χ1n) is 8.83. The van der Waals surface area contributed by atoms with Crippen molar-refractivity contribution < 1.29 is 24.0 Å². The van der Waals surface area contributed by atoms with E-state index < -0.39 is 23.8 Å². The predicted octanol–water partition coefficient (Wildman–Crippen LogP) is 1.24. The minimum Gasteiger partial charge on any atom is -0.348 e. The number of H-pyrrole nitrogens is 1. The minimum atomic E-state index is -1.09. The Kier molecular flexibility index (Phi) is 5.53. The first kappa shape index (κ1) is 19.3. The van der Waals surface area contributed by atoms with Crippen LogP contribution in [0.15, 0.2) is 36.8 Å². The van der Waals surface area contributed by atoms with Crippen LogP contribution in [0, 0.1) is 5.92 Å². The summed E-state index contributed by atoms with van der Waals surface area (Å²) in [6, 6.07) is 5.10. The van der Waals surface area contributed by atoms with E-state index in [0.717, 1.165) is 0 Å². The van der Waals surface area contributed by atoms with Crippen molar-refractivity contribution in [1.82, 2.24) is 20.3 Å². The van der Waals surface area contributed by atoms with Crippen LogP contribution in [0.4, 0.5) is 0 Å². The number of nitrogens with one attached hydrogen (secondary N) is 2. The molecule has 1 unspecified atom stereocenters. The number of hydroxylamine groups is 2. The van der Waals surface area contributed by atoms with Gasteiger partial charge in [-0.3, -0.25) is 14.4 Å². The van der Waals surface area contributed by atoms with E-state index in [1.807, 2.05) is 13.8 Å². The van der Waals surface area contributed by atoms with E-state index in [-0.39, 0.29) is 35.8 Å². The Labute approximate surface area is 161 Å². The number of aromatic amines is 1. The lowest BCUT2D eigenvalue weighted by atomic mass is 10.1. The minimum absolute atomic E-state index is 0.0752. The van der Waals surface area contributed by atoms with E-state index in [1.165, 1.54) is 24.7 Å². The lowest BCUT2D eigenvalue weighted by Gasteiger charge is -2.20. The molecule has 2 N–H and O–H groups in total. The number of imidazole rings is 1. The van der Waals surface area contributed by atoms with Crippen LogP contribution in [0.3, 0.4) is 0 Å². The van der Waals surface area contributed by atoms with Crippen LogP contribution in [0.5, 0.6) is 0 Å². The third kappa shape index (κ3) is 4.08. The number of carbonyl (C=O) groups excluding carboxylic acids is 4. The number of aromatic nitrogens is 2. The highest BCUT2D eigenvalue weighted by atomic mass is 16.7. The van der Waals surface area contributed by atoms with Crippen molar-refractivity contribution in [3.63, 3.8) is 0 Å². The zero-order valence-corrected chi connectivity index (χ0v) is 15.5. The van der Waals surface area contributed by atoms with Crippen LogP contribution < -0.4 is 5.32 Å². The molecule has 28 heavy (non-hydrogen) atoms. The van der Waals surface area contributed by atoms with Gasteiger partial charge in [0, 0.05) is 24.7 Å². The van der Waals surface area contributed by atoms with Crippen molar-refractivity contribution in [1.29, 1.82) is 0 Å². The molecule has 146 valence electrons. The van der Waals surface area contributed by atoms with Gasteiger partial charge in [0.2, 0.25) is 5.91 Å². The van der Waals surface area contributed by atoms with E-state index in [0.29, 0.717) is 10.8 Å². The molecule has 0 saturated carbocycles. The van der Waals surface area contributed by atoms with E-state index >= 15 is 0 Å². The maximum atomic E-state index is 12.7. The average Bonchev–Trinajstić information content (AvgIpc) is 3.24. The molecule has 9 heteroatoms. The lowest BCUT2D eigenvalue weighted by molar-refractivity contribution is -0.171. The average molecular weight is 384 g/mol. The number of nitrogens with zero attached hydrogens (tertiary/aromatic N) is 2. The molecule has 1 aromatic carbocycles. The Balaban J connectivity index is 1.75. The highest BCUT2D eigenvalue weighted by molar-refractivity contribution is 6.20. The van der Waals surface area contributed by atoms with Crippen molar-refractivity contribution in [3.05, 3.63) is 53.6 Å². The summed E-state index contributed by atoms with van der Waals surface area (Å²) in [5.41, 5.74) is 0.915. The zero-order chi connectivity index (χ0) is 20.3. The van der Waals surface area contributed by atoms with E-state index in [4.69, 9.17) is 4.84 Å². The van der Waals surface area contributed by atoms with Crippen molar-refractivity contribution in [2.24, 2.45) is 5.92 Å². The molecule has 2 aromatic rings. The molecule has 0 aliphatic carbocycles. The summed E-state index contributed by atoms with van der Waals surface area (Å²) >= 11 is 0. The maximum Gasteiger partial charge on any atom is 0.355 e. The van der Waals surface area contributed by atoms with Crippen LogP contribution >= 0.6 is 0 Å². The van der Waals surface area contributed by atoms with Gasteiger partial charge in [0.25, 0.3) is 11.8 Å². The SMILES string of the molecule is CC(C)CC(=O)NC(Cc1cnc[nH]1)C(=O)ON1C(=O)c2ccccc2C1=O. The highest BCUT2D eigenvalue weighted by Crippen LogP contribution is 2.23.